The standard InChI is InChI=1S/C16H26N2OS/c1-11-3-5-12(6-4-11)16-18-14(10-19-2)15(20-16)9-17-13-7-8-13/h11-13,17H,3-10H2,1-2H3. The van der Waals surface area contributed by atoms with Crippen molar-refractivity contribution in [1.82, 2.24) is 10.3 Å². The van der Waals surface area contributed by atoms with E-state index >= 15 is 0 Å². The molecular formula is C16H26N2OS. The molecule has 3 nitrogen and oxygen atoms in total. The zero-order valence-electron chi connectivity index (χ0n) is 12.7. The van der Waals surface area contributed by atoms with Crippen LogP contribution in [0.1, 0.15) is 66.9 Å². The second kappa shape index (κ2) is 6.54. The van der Waals surface area contributed by atoms with E-state index in [1.54, 1.807) is 7.11 Å². The molecule has 1 heterocycles. The number of thiazole rings is 1. The average molecular weight is 294 g/mol. The highest BCUT2D eigenvalue weighted by atomic mass is 32.1. The number of methoxy groups -OCH3 is 1. The molecule has 2 aliphatic carbocycles. The quantitative estimate of drug-likeness (QED) is 0.865. The summed E-state index contributed by atoms with van der Waals surface area (Å²) < 4.78 is 5.33. The van der Waals surface area contributed by atoms with Gasteiger partial charge in [0.2, 0.25) is 0 Å². The van der Waals surface area contributed by atoms with Crippen molar-refractivity contribution in [2.75, 3.05) is 7.11 Å². The van der Waals surface area contributed by atoms with Crippen molar-refractivity contribution in [2.45, 2.75) is 70.6 Å². The first kappa shape index (κ1) is 14.5. The Balaban J connectivity index is 1.68. The predicted octanol–water partition coefficient (Wildman–Crippen LogP) is 3.84. The third-order valence-corrected chi connectivity index (χ3v) is 5.83. The van der Waals surface area contributed by atoms with Gasteiger partial charge in [0.1, 0.15) is 0 Å². The zero-order valence-corrected chi connectivity index (χ0v) is 13.5. The number of hydrogen-bond acceptors (Lipinski definition) is 4. The molecule has 2 saturated carbocycles. The van der Waals surface area contributed by atoms with Crippen LogP contribution in [0.5, 0.6) is 0 Å². The van der Waals surface area contributed by atoms with Crippen LogP contribution in [-0.2, 0) is 17.9 Å². The van der Waals surface area contributed by atoms with Crippen LogP contribution in [0.2, 0.25) is 0 Å². The Hall–Kier alpha value is -0.450. The predicted molar refractivity (Wildman–Crippen MR) is 83.1 cm³/mol. The summed E-state index contributed by atoms with van der Waals surface area (Å²) in [6, 6.07) is 0.756. The Morgan fingerprint density at radius 2 is 1.95 bits per heavy atom. The number of nitrogens with one attached hydrogen (secondary N) is 1. The SMILES string of the molecule is COCc1nc(C2CCC(C)CC2)sc1CNC1CC1. The van der Waals surface area contributed by atoms with Crippen LogP contribution in [-0.4, -0.2) is 18.1 Å². The van der Waals surface area contributed by atoms with Gasteiger partial charge in [-0.25, -0.2) is 4.98 Å². The molecule has 2 aliphatic rings. The topological polar surface area (TPSA) is 34.1 Å². The minimum absolute atomic E-state index is 0.654. The monoisotopic (exact) mass is 294 g/mol. The lowest BCUT2D eigenvalue weighted by atomic mass is 9.83. The van der Waals surface area contributed by atoms with Gasteiger partial charge in [-0.3, -0.25) is 0 Å². The van der Waals surface area contributed by atoms with Gasteiger partial charge in [-0.15, -0.1) is 11.3 Å². The molecule has 1 aromatic heterocycles. The van der Waals surface area contributed by atoms with Gasteiger partial charge in [0.15, 0.2) is 0 Å². The van der Waals surface area contributed by atoms with Gasteiger partial charge >= 0.3 is 0 Å². The van der Waals surface area contributed by atoms with Gasteiger partial charge < -0.3 is 10.1 Å². The molecule has 20 heavy (non-hydrogen) atoms. The molecule has 0 unspecified atom stereocenters. The normalized spacial score (nSPS) is 26.9. The molecule has 0 radical (unpaired) electrons. The van der Waals surface area contributed by atoms with E-state index in [0.29, 0.717) is 12.5 Å². The van der Waals surface area contributed by atoms with Crippen LogP contribution in [0.25, 0.3) is 0 Å². The van der Waals surface area contributed by atoms with Gasteiger partial charge in [0.25, 0.3) is 0 Å². The van der Waals surface area contributed by atoms with Crippen LogP contribution >= 0.6 is 11.3 Å². The van der Waals surface area contributed by atoms with Crippen molar-refractivity contribution in [1.29, 1.82) is 0 Å². The van der Waals surface area contributed by atoms with Gasteiger partial charge in [-0.05, 0) is 31.6 Å². The fourth-order valence-corrected chi connectivity index (χ4v) is 4.19. The fourth-order valence-electron chi connectivity index (χ4n) is 3.00. The van der Waals surface area contributed by atoms with Crippen molar-refractivity contribution in [2.24, 2.45) is 5.92 Å². The largest absolute Gasteiger partial charge is 0.378 e. The van der Waals surface area contributed by atoms with E-state index in [1.165, 1.54) is 54.1 Å². The molecule has 0 saturated heterocycles. The van der Waals surface area contributed by atoms with Crippen molar-refractivity contribution in [3.05, 3.63) is 15.6 Å². The summed E-state index contributed by atoms with van der Waals surface area (Å²) in [7, 11) is 1.76. The van der Waals surface area contributed by atoms with Gasteiger partial charge in [0, 0.05) is 30.5 Å². The summed E-state index contributed by atoms with van der Waals surface area (Å²) in [5.41, 5.74) is 1.17. The zero-order chi connectivity index (χ0) is 13.9. The molecular weight excluding hydrogens is 268 g/mol. The molecule has 0 bridgehead atoms. The molecule has 2 fully saturated rings. The minimum Gasteiger partial charge on any atom is -0.378 e. The maximum absolute atomic E-state index is 5.33. The number of nitrogens with zero attached hydrogens (tertiary/aromatic N) is 1. The Bertz CT molecular complexity index is 434. The third kappa shape index (κ3) is 3.60. The van der Waals surface area contributed by atoms with Crippen LogP contribution in [0.15, 0.2) is 0 Å². The first-order valence-corrected chi connectivity index (χ1v) is 8.78. The summed E-state index contributed by atoms with van der Waals surface area (Å²) in [5, 5.41) is 4.97. The van der Waals surface area contributed by atoms with Crippen LogP contribution in [0.3, 0.4) is 0 Å². The number of ether oxygens (including phenoxy) is 1. The highest BCUT2D eigenvalue weighted by Gasteiger charge is 2.25. The highest BCUT2D eigenvalue weighted by Crippen LogP contribution is 2.38. The molecule has 3 rings (SSSR count). The summed E-state index contributed by atoms with van der Waals surface area (Å²) in [5.74, 6) is 1.60. The smallest absolute Gasteiger partial charge is 0.0963 e. The molecule has 1 aromatic rings. The van der Waals surface area contributed by atoms with Crippen LogP contribution in [0, 0.1) is 5.92 Å². The summed E-state index contributed by atoms with van der Waals surface area (Å²) >= 11 is 1.92. The van der Waals surface area contributed by atoms with Crippen molar-refractivity contribution in [3.63, 3.8) is 0 Å². The molecule has 112 valence electrons. The molecule has 0 spiro atoms. The van der Waals surface area contributed by atoms with Crippen molar-refractivity contribution >= 4 is 11.3 Å². The number of rotatable bonds is 6. The van der Waals surface area contributed by atoms with Gasteiger partial charge in [-0.1, -0.05) is 19.8 Å². The van der Waals surface area contributed by atoms with Crippen molar-refractivity contribution in [3.8, 4) is 0 Å². The lowest BCUT2D eigenvalue weighted by molar-refractivity contribution is 0.181. The first-order valence-electron chi connectivity index (χ1n) is 7.97. The summed E-state index contributed by atoms with van der Waals surface area (Å²) in [6.07, 6.45) is 8.03. The van der Waals surface area contributed by atoms with Gasteiger partial charge in [-0.2, -0.15) is 0 Å². The lowest BCUT2D eigenvalue weighted by Crippen LogP contribution is -2.15. The Morgan fingerprint density at radius 3 is 2.60 bits per heavy atom. The molecule has 0 atom stereocenters. The molecule has 4 heteroatoms. The summed E-state index contributed by atoms with van der Waals surface area (Å²) in [4.78, 5) is 6.30. The highest BCUT2D eigenvalue weighted by molar-refractivity contribution is 7.11. The van der Waals surface area contributed by atoms with E-state index in [4.69, 9.17) is 9.72 Å². The summed E-state index contributed by atoms with van der Waals surface area (Å²) in [6.45, 7) is 4.00. The third-order valence-electron chi connectivity index (χ3n) is 4.57. The Labute approximate surface area is 126 Å². The minimum atomic E-state index is 0.654. The molecule has 0 aliphatic heterocycles. The maximum Gasteiger partial charge on any atom is 0.0963 e. The second-order valence-corrected chi connectivity index (χ2v) is 7.58. The van der Waals surface area contributed by atoms with E-state index in [1.807, 2.05) is 11.3 Å². The van der Waals surface area contributed by atoms with E-state index < -0.39 is 0 Å². The van der Waals surface area contributed by atoms with Crippen LogP contribution in [0.4, 0.5) is 0 Å². The first-order chi connectivity index (χ1) is 9.76. The number of aromatic nitrogens is 1. The van der Waals surface area contributed by atoms with E-state index in [-0.39, 0.29) is 0 Å². The lowest BCUT2D eigenvalue weighted by Gasteiger charge is -2.24. The molecule has 1 N–H and O–H groups in total. The maximum atomic E-state index is 5.33. The Morgan fingerprint density at radius 1 is 1.20 bits per heavy atom. The van der Waals surface area contributed by atoms with Gasteiger partial charge in [0.05, 0.1) is 17.3 Å². The van der Waals surface area contributed by atoms with E-state index in [9.17, 15) is 0 Å². The van der Waals surface area contributed by atoms with E-state index in [2.05, 4.69) is 12.2 Å². The Kier molecular flexibility index (Phi) is 4.74. The molecule has 0 aromatic carbocycles. The van der Waals surface area contributed by atoms with Crippen molar-refractivity contribution < 1.29 is 4.74 Å². The van der Waals surface area contributed by atoms with E-state index in [0.717, 1.165) is 18.5 Å². The fraction of sp³-hybridized carbons (Fsp3) is 0.812. The average Bonchev–Trinajstić information content (AvgIpc) is 3.19. The number of hydrogen-bond donors (Lipinski definition) is 1. The second-order valence-electron chi connectivity index (χ2n) is 6.47. The molecule has 0 amide bonds. The van der Waals surface area contributed by atoms with Crippen LogP contribution < -0.4 is 5.32 Å².